The number of ether oxygens (including phenoxy) is 1. The predicted octanol–water partition coefficient (Wildman–Crippen LogP) is 6.90. The standard InChI is InChI=1S/C15H19ClO.C7H14O2/c16-14-9-5-10-15(12-14)17-11-4-3-8-13-6-1-2-7-13;1-2-3-4-5-6-7(8)9/h3,5,8-10,12-13H,1-2,4,6-7,11H2;2-6H2,1H3,(H,8,9)/b8-3+;. The molecular weight excluding hydrogens is 348 g/mol. The van der Waals surface area contributed by atoms with Gasteiger partial charge in [0.1, 0.15) is 5.75 Å². The van der Waals surface area contributed by atoms with Crippen molar-refractivity contribution in [3.63, 3.8) is 0 Å². The second-order valence-corrected chi connectivity index (χ2v) is 7.21. The van der Waals surface area contributed by atoms with Gasteiger partial charge in [0.15, 0.2) is 0 Å². The van der Waals surface area contributed by atoms with Crippen molar-refractivity contribution in [1.82, 2.24) is 0 Å². The van der Waals surface area contributed by atoms with Gasteiger partial charge in [-0.1, -0.05) is 68.8 Å². The number of halogens is 1. The SMILES string of the molecule is CCCCCCC(=O)O.Clc1cccc(OCC/C=C/C2CCCC2)c1. The summed E-state index contributed by atoms with van der Waals surface area (Å²) < 4.78 is 5.62. The molecule has 146 valence electrons. The Labute approximate surface area is 163 Å². The first-order chi connectivity index (χ1) is 12.6. The van der Waals surface area contributed by atoms with Crippen LogP contribution in [-0.4, -0.2) is 17.7 Å². The molecule has 0 amide bonds. The first-order valence-electron chi connectivity index (χ1n) is 9.88. The van der Waals surface area contributed by atoms with Crippen molar-refractivity contribution in [2.24, 2.45) is 5.92 Å². The smallest absolute Gasteiger partial charge is 0.303 e. The third kappa shape index (κ3) is 12.0. The predicted molar refractivity (Wildman–Crippen MR) is 109 cm³/mol. The number of hydrogen-bond donors (Lipinski definition) is 1. The van der Waals surface area contributed by atoms with Crippen molar-refractivity contribution in [2.45, 2.75) is 71.1 Å². The molecule has 0 aromatic heterocycles. The molecule has 1 N–H and O–H groups in total. The molecule has 0 bridgehead atoms. The normalized spacial score (nSPS) is 14.2. The average Bonchev–Trinajstić information content (AvgIpc) is 3.12. The molecule has 0 unspecified atom stereocenters. The van der Waals surface area contributed by atoms with Crippen molar-refractivity contribution in [1.29, 1.82) is 0 Å². The molecule has 1 aliphatic rings. The van der Waals surface area contributed by atoms with Gasteiger partial charge in [-0.25, -0.2) is 0 Å². The van der Waals surface area contributed by atoms with E-state index in [-0.39, 0.29) is 0 Å². The molecule has 1 aromatic rings. The Balaban J connectivity index is 0.000000321. The van der Waals surface area contributed by atoms with Gasteiger partial charge in [-0.2, -0.15) is 0 Å². The second-order valence-electron chi connectivity index (χ2n) is 6.77. The van der Waals surface area contributed by atoms with E-state index >= 15 is 0 Å². The summed E-state index contributed by atoms with van der Waals surface area (Å²) in [6, 6.07) is 7.55. The first kappa shape index (κ1) is 22.6. The molecule has 1 fully saturated rings. The monoisotopic (exact) mass is 380 g/mol. The highest BCUT2D eigenvalue weighted by Gasteiger charge is 2.10. The number of unbranched alkanes of at least 4 members (excludes halogenated alkanes) is 3. The van der Waals surface area contributed by atoms with Crippen molar-refractivity contribution in [3.8, 4) is 5.75 Å². The summed E-state index contributed by atoms with van der Waals surface area (Å²) in [6.45, 7) is 2.84. The number of benzene rings is 1. The lowest BCUT2D eigenvalue weighted by atomic mass is 10.1. The summed E-state index contributed by atoms with van der Waals surface area (Å²) in [7, 11) is 0. The molecule has 26 heavy (non-hydrogen) atoms. The zero-order valence-corrected chi connectivity index (χ0v) is 16.7. The lowest BCUT2D eigenvalue weighted by molar-refractivity contribution is -0.137. The molecule has 1 saturated carbocycles. The van der Waals surface area contributed by atoms with Crippen LogP contribution in [0.5, 0.6) is 5.75 Å². The summed E-state index contributed by atoms with van der Waals surface area (Å²) in [6.07, 6.45) is 15.7. The molecule has 4 heteroatoms. The third-order valence-corrected chi connectivity index (χ3v) is 4.64. The Morgan fingerprint density at radius 2 is 2.04 bits per heavy atom. The second kappa shape index (κ2) is 14.7. The number of rotatable bonds is 10. The Bertz CT molecular complexity index is 522. The van der Waals surface area contributed by atoms with Crippen LogP contribution >= 0.6 is 11.6 Å². The molecule has 3 nitrogen and oxygen atoms in total. The van der Waals surface area contributed by atoms with E-state index < -0.39 is 5.97 Å². The maximum atomic E-state index is 9.96. The van der Waals surface area contributed by atoms with Crippen molar-refractivity contribution >= 4 is 17.6 Å². The summed E-state index contributed by atoms with van der Waals surface area (Å²) >= 11 is 5.88. The maximum absolute atomic E-state index is 9.96. The zero-order chi connectivity index (χ0) is 19.0. The van der Waals surface area contributed by atoms with Gasteiger partial charge in [0.25, 0.3) is 0 Å². The van der Waals surface area contributed by atoms with E-state index in [0.717, 1.165) is 49.0 Å². The van der Waals surface area contributed by atoms with E-state index in [2.05, 4.69) is 19.1 Å². The van der Waals surface area contributed by atoms with Crippen molar-refractivity contribution in [2.75, 3.05) is 6.61 Å². The van der Waals surface area contributed by atoms with Crippen LogP contribution in [0.2, 0.25) is 5.02 Å². The molecule has 0 radical (unpaired) electrons. The van der Waals surface area contributed by atoms with Crippen molar-refractivity contribution in [3.05, 3.63) is 41.4 Å². The van der Waals surface area contributed by atoms with E-state index in [1.807, 2.05) is 24.3 Å². The van der Waals surface area contributed by atoms with E-state index in [1.54, 1.807) is 0 Å². The van der Waals surface area contributed by atoms with Crippen LogP contribution < -0.4 is 4.74 Å². The van der Waals surface area contributed by atoms with Gasteiger partial charge < -0.3 is 9.84 Å². The van der Waals surface area contributed by atoms with Gasteiger partial charge in [0, 0.05) is 11.4 Å². The van der Waals surface area contributed by atoms with Gasteiger partial charge >= 0.3 is 5.97 Å². The first-order valence-corrected chi connectivity index (χ1v) is 10.3. The molecule has 0 heterocycles. The van der Waals surface area contributed by atoms with E-state index in [4.69, 9.17) is 21.4 Å². The lowest BCUT2D eigenvalue weighted by Gasteiger charge is -2.05. The van der Waals surface area contributed by atoms with Gasteiger partial charge in [0.2, 0.25) is 0 Å². The van der Waals surface area contributed by atoms with Gasteiger partial charge in [-0.05, 0) is 49.8 Å². The summed E-state index contributed by atoms with van der Waals surface area (Å²) in [5.74, 6) is 0.999. The topological polar surface area (TPSA) is 46.5 Å². The van der Waals surface area contributed by atoms with Crippen LogP contribution in [0, 0.1) is 5.92 Å². The zero-order valence-electron chi connectivity index (χ0n) is 16.0. The minimum absolute atomic E-state index is 0.333. The number of carbonyl (C=O) groups is 1. The summed E-state index contributed by atoms with van der Waals surface area (Å²) in [5, 5.41) is 8.94. The Kier molecular flexibility index (Phi) is 12.7. The number of carboxylic acid groups (broad SMARTS) is 1. The average molecular weight is 381 g/mol. The summed E-state index contributed by atoms with van der Waals surface area (Å²) in [5.41, 5.74) is 0. The fourth-order valence-corrected chi connectivity index (χ4v) is 3.12. The van der Waals surface area contributed by atoms with E-state index in [0.29, 0.717) is 6.42 Å². The third-order valence-electron chi connectivity index (χ3n) is 4.40. The van der Waals surface area contributed by atoms with Crippen LogP contribution in [0.1, 0.15) is 71.1 Å². The van der Waals surface area contributed by atoms with E-state index in [1.165, 1.54) is 32.1 Å². The highest BCUT2D eigenvalue weighted by molar-refractivity contribution is 6.30. The highest BCUT2D eigenvalue weighted by atomic mass is 35.5. The molecular formula is C22H33ClO3. The number of hydrogen-bond acceptors (Lipinski definition) is 2. The Morgan fingerprint density at radius 3 is 2.69 bits per heavy atom. The molecule has 1 aromatic carbocycles. The molecule has 2 rings (SSSR count). The number of aliphatic carboxylic acids is 1. The van der Waals surface area contributed by atoms with E-state index in [9.17, 15) is 4.79 Å². The quantitative estimate of drug-likeness (QED) is 0.354. The van der Waals surface area contributed by atoms with Gasteiger partial charge in [0.05, 0.1) is 6.61 Å². The minimum Gasteiger partial charge on any atom is -0.493 e. The lowest BCUT2D eigenvalue weighted by Crippen LogP contribution is -1.95. The number of allylic oxidation sites excluding steroid dienone is 1. The fourth-order valence-electron chi connectivity index (χ4n) is 2.94. The molecule has 0 saturated heterocycles. The maximum Gasteiger partial charge on any atom is 0.303 e. The number of carboxylic acids is 1. The van der Waals surface area contributed by atoms with Crippen LogP contribution in [-0.2, 0) is 4.79 Å². The molecule has 1 aliphatic carbocycles. The van der Waals surface area contributed by atoms with Crippen LogP contribution in [0.15, 0.2) is 36.4 Å². The molecule has 0 aliphatic heterocycles. The molecule has 0 atom stereocenters. The van der Waals surface area contributed by atoms with Crippen LogP contribution in [0.4, 0.5) is 0 Å². The van der Waals surface area contributed by atoms with Gasteiger partial charge in [-0.3, -0.25) is 4.79 Å². The highest BCUT2D eigenvalue weighted by Crippen LogP contribution is 2.25. The largest absolute Gasteiger partial charge is 0.493 e. The van der Waals surface area contributed by atoms with Crippen molar-refractivity contribution < 1.29 is 14.6 Å². The molecule has 0 spiro atoms. The Hall–Kier alpha value is -1.48. The fraction of sp³-hybridized carbons (Fsp3) is 0.591. The minimum atomic E-state index is -0.675. The van der Waals surface area contributed by atoms with Crippen LogP contribution in [0.25, 0.3) is 0 Å². The van der Waals surface area contributed by atoms with Crippen LogP contribution in [0.3, 0.4) is 0 Å². The van der Waals surface area contributed by atoms with Gasteiger partial charge in [-0.15, -0.1) is 0 Å². The Morgan fingerprint density at radius 1 is 1.27 bits per heavy atom. The summed E-state index contributed by atoms with van der Waals surface area (Å²) in [4.78, 5) is 9.96.